The quantitative estimate of drug-likeness (QED) is 0.365. The van der Waals surface area contributed by atoms with Crippen LogP contribution in [0.25, 0.3) is 10.8 Å². The van der Waals surface area contributed by atoms with E-state index in [2.05, 4.69) is 0 Å². The van der Waals surface area contributed by atoms with Crippen molar-refractivity contribution < 1.29 is 18.4 Å². The second-order valence-electron chi connectivity index (χ2n) is 6.81. The molecule has 0 saturated carbocycles. The average Bonchev–Trinajstić information content (AvgIpc) is 2.74. The van der Waals surface area contributed by atoms with Gasteiger partial charge in [0.05, 0.1) is 12.1 Å². The maximum atomic E-state index is 14.3. The number of fused-ring (bicyclic) bond motifs is 1. The number of primary amides is 1. The first-order chi connectivity index (χ1) is 14.3. The van der Waals surface area contributed by atoms with Crippen LogP contribution in [0, 0.1) is 5.82 Å². The summed E-state index contributed by atoms with van der Waals surface area (Å²) in [6.07, 6.45) is 1.01. The lowest BCUT2D eigenvalue weighted by molar-refractivity contribution is -0.120. The number of alkyl halides is 1. The summed E-state index contributed by atoms with van der Waals surface area (Å²) in [5.41, 5.74) is 4.92. The van der Waals surface area contributed by atoms with Gasteiger partial charge in [-0.3, -0.25) is 14.4 Å². The molecule has 3 aromatic rings. The maximum absolute atomic E-state index is 14.3. The molecule has 0 bridgehead atoms. The molecule has 7 nitrogen and oxygen atoms in total. The van der Waals surface area contributed by atoms with Gasteiger partial charge in [0.2, 0.25) is 11.8 Å². The first kappa shape index (κ1) is 21.1. The Bertz CT molecular complexity index is 1190. The van der Waals surface area contributed by atoms with Crippen molar-refractivity contribution in [1.29, 1.82) is 0 Å². The fourth-order valence-electron chi connectivity index (χ4n) is 3.18. The summed E-state index contributed by atoms with van der Waals surface area (Å²) in [5, 5.41) is 1.44. The van der Waals surface area contributed by atoms with Crippen molar-refractivity contribution in [2.75, 3.05) is 5.01 Å². The van der Waals surface area contributed by atoms with Crippen LogP contribution in [0.2, 0.25) is 0 Å². The number of halogens is 2. The Labute approximate surface area is 170 Å². The molecular weight excluding hydrogens is 394 g/mol. The highest BCUT2D eigenvalue weighted by molar-refractivity contribution is 6.03. The van der Waals surface area contributed by atoms with Gasteiger partial charge in [-0.15, -0.1) is 0 Å². The zero-order valence-corrected chi connectivity index (χ0v) is 16.1. The molecule has 0 unspecified atom stereocenters. The number of hydrogen-bond donors (Lipinski definition) is 2. The standard InChI is InChI=1S/C21H20F2N4O3/c1-12(20(24)29)26-9-8-15-16(21(26)30)6-3-7-17(15)27(25)18(28)10-13-4-2-5-14(11-22)19(13)23/h2-9,12H,10-11,25H2,1H3,(H2,24,29)/t12-/m0/s1. The Morgan fingerprint density at radius 3 is 2.43 bits per heavy atom. The van der Waals surface area contributed by atoms with Gasteiger partial charge in [0.1, 0.15) is 18.5 Å². The van der Waals surface area contributed by atoms with Crippen molar-refractivity contribution in [3.8, 4) is 0 Å². The van der Waals surface area contributed by atoms with Gasteiger partial charge in [0.25, 0.3) is 5.56 Å². The molecule has 2 amide bonds. The number of carbonyl (C=O) groups excluding carboxylic acids is 2. The van der Waals surface area contributed by atoms with E-state index in [0.29, 0.717) is 5.39 Å². The van der Waals surface area contributed by atoms with Crippen molar-refractivity contribution in [3.63, 3.8) is 0 Å². The number of aromatic nitrogens is 1. The number of hydrazine groups is 1. The Hall–Kier alpha value is -3.59. The molecule has 30 heavy (non-hydrogen) atoms. The van der Waals surface area contributed by atoms with Crippen LogP contribution in [-0.4, -0.2) is 16.4 Å². The summed E-state index contributed by atoms with van der Waals surface area (Å²) >= 11 is 0. The van der Waals surface area contributed by atoms with Crippen molar-refractivity contribution >= 4 is 28.3 Å². The Balaban J connectivity index is 1.98. The normalized spacial score (nSPS) is 12.0. The van der Waals surface area contributed by atoms with E-state index in [-0.39, 0.29) is 28.6 Å². The van der Waals surface area contributed by atoms with E-state index < -0.39 is 35.9 Å². The summed E-state index contributed by atoms with van der Waals surface area (Å²) in [7, 11) is 0. The predicted octanol–water partition coefficient (Wildman–Crippen LogP) is 2.11. The number of rotatable bonds is 6. The molecule has 9 heteroatoms. The van der Waals surface area contributed by atoms with Gasteiger partial charge in [-0.2, -0.15) is 0 Å². The third kappa shape index (κ3) is 3.79. The summed E-state index contributed by atoms with van der Waals surface area (Å²) in [6.45, 7) is 0.512. The SMILES string of the molecule is C[C@@H](C(N)=O)n1ccc2c(N(N)C(=O)Cc3cccc(CF)c3F)cccc2c1=O. The molecule has 156 valence electrons. The summed E-state index contributed by atoms with van der Waals surface area (Å²) in [4.78, 5) is 36.8. The third-order valence-electron chi connectivity index (χ3n) is 4.95. The molecule has 1 heterocycles. The molecule has 0 aliphatic carbocycles. The van der Waals surface area contributed by atoms with Crippen LogP contribution in [0.1, 0.15) is 24.1 Å². The lowest BCUT2D eigenvalue weighted by Gasteiger charge is -2.20. The van der Waals surface area contributed by atoms with Gasteiger partial charge in [0, 0.05) is 22.5 Å². The van der Waals surface area contributed by atoms with Crippen LogP contribution in [-0.2, 0) is 22.7 Å². The molecule has 3 rings (SSSR count). The molecule has 4 N–H and O–H groups in total. The second kappa shape index (κ2) is 8.42. The summed E-state index contributed by atoms with van der Waals surface area (Å²) in [5.74, 6) is 3.87. The van der Waals surface area contributed by atoms with Gasteiger partial charge >= 0.3 is 0 Å². The van der Waals surface area contributed by atoms with Crippen molar-refractivity contribution in [3.05, 3.63) is 76.0 Å². The number of nitrogens with zero attached hydrogens (tertiary/aromatic N) is 2. The van der Waals surface area contributed by atoms with Crippen LogP contribution in [0.5, 0.6) is 0 Å². The molecule has 0 saturated heterocycles. The zero-order chi connectivity index (χ0) is 22.0. The summed E-state index contributed by atoms with van der Waals surface area (Å²) < 4.78 is 28.3. The van der Waals surface area contributed by atoms with E-state index in [9.17, 15) is 23.2 Å². The van der Waals surface area contributed by atoms with Gasteiger partial charge in [0.15, 0.2) is 0 Å². The fraction of sp³-hybridized carbons (Fsp3) is 0.190. The molecule has 0 radical (unpaired) electrons. The Morgan fingerprint density at radius 2 is 1.77 bits per heavy atom. The minimum atomic E-state index is -0.987. The molecule has 0 spiro atoms. The van der Waals surface area contributed by atoms with E-state index in [1.807, 2.05) is 0 Å². The smallest absolute Gasteiger partial charge is 0.259 e. The summed E-state index contributed by atoms with van der Waals surface area (Å²) in [6, 6.07) is 9.44. The van der Waals surface area contributed by atoms with E-state index >= 15 is 0 Å². The molecule has 1 aromatic heterocycles. The van der Waals surface area contributed by atoms with Crippen LogP contribution in [0.4, 0.5) is 14.5 Å². The van der Waals surface area contributed by atoms with Crippen molar-refractivity contribution in [2.24, 2.45) is 11.6 Å². The molecule has 2 aromatic carbocycles. The fourth-order valence-corrected chi connectivity index (χ4v) is 3.18. The van der Waals surface area contributed by atoms with Crippen LogP contribution in [0.15, 0.2) is 53.5 Å². The van der Waals surface area contributed by atoms with E-state index in [1.54, 1.807) is 6.07 Å². The number of anilines is 1. The third-order valence-corrected chi connectivity index (χ3v) is 4.95. The molecule has 1 atom stereocenters. The number of pyridine rings is 1. The highest BCUT2D eigenvalue weighted by Crippen LogP contribution is 2.25. The highest BCUT2D eigenvalue weighted by atomic mass is 19.1. The number of nitrogens with two attached hydrogens (primary N) is 2. The first-order valence-corrected chi connectivity index (χ1v) is 9.09. The van der Waals surface area contributed by atoms with E-state index in [1.165, 1.54) is 54.1 Å². The van der Waals surface area contributed by atoms with E-state index in [4.69, 9.17) is 11.6 Å². The minimum Gasteiger partial charge on any atom is -0.368 e. The van der Waals surface area contributed by atoms with Crippen LogP contribution >= 0.6 is 0 Å². The number of amides is 2. The monoisotopic (exact) mass is 414 g/mol. The lowest BCUT2D eigenvalue weighted by Crippen LogP contribution is -2.39. The van der Waals surface area contributed by atoms with Gasteiger partial charge in [-0.05, 0) is 30.7 Å². The van der Waals surface area contributed by atoms with Gasteiger partial charge in [-0.1, -0.05) is 24.3 Å². The van der Waals surface area contributed by atoms with Crippen molar-refractivity contribution in [1.82, 2.24) is 4.57 Å². The van der Waals surface area contributed by atoms with Crippen LogP contribution < -0.4 is 22.1 Å². The largest absolute Gasteiger partial charge is 0.368 e. The van der Waals surface area contributed by atoms with E-state index in [0.717, 1.165) is 5.01 Å². The Morgan fingerprint density at radius 1 is 1.10 bits per heavy atom. The molecule has 0 aliphatic rings. The van der Waals surface area contributed by atoms with Crippen molar-refractivity contribution in [2.45, 2.75) is 26.1 Å². The average molecular weight is 414 g/mol. The van der Waals surface area contributed by atoms with Gasteiger partial charge < -0.3 is 10.3 Å². The first-order valence-electron chi connectivity index (χ1n) is 9.09. The lowest BCUT2D eigenvalue weighted by atomic mass is 10.1. The van der Waals surface area contributed by atoms with Crippen LogP contribution in [0.3, 0.4) is 0 Å². The number of hydrogen-bond acceptors (Lipinski definition) is 4. The maximum Gasteiger partial charge on any atom is 0.259 e. The topological polar surface area (TPSA) is 111 Å². The second-order valence-corrected chi connectivity index (χ2v) is 6.81. The minimum absolute atomic E-state index is 0.0171. The number of carbonyl (C=O) groups is 2. The Kier molecular flexibility index (Phi) is 5.93. The predicted molar refractivity (Wildman–Crippen MR) is 109 cm³/mol. The molecular formula is C21H20F2N4O3. The zero-order valence-electron chi connectivity index (χ0n) is 16.1. The number of benzene rings is 2. The molecule has 0 aliphatic heterocycles. The van der Waals surface area contributed by atoms with Gasteiger partial charge in [-0.25, -0.2) is 19.6 Å². The molecule has 0 fully saturated rings. The highest BCUT2D eigenvalue weighted by Gasteiger charge is 2.20.